The van der Waals surface area contributed by atoms with Gasteiger partial charge in [0.15, 0.2) is 9.84 Å². The molecule has 0 radical (unpaired) electrons. The Bertz CT molecular complexity index is 1260. The van der Waals surface area contributed by atoms with Crippen molar-refractivity contribution in [1.29, 1.82) is 0 Å². The van der Waals surface area contributed by atoms with Crippen molar-refractivity contribution in [2.75, 3.05) is 5.75 Å². The molecule has 7 nitrogen and oxygen atoms in total. The van der Waals surface area contributed by atoms with E-state index in [4.69, 9.17) is 4.52 Å². The molecule has 0 bridgehead atoms. The molecule has 4 rings (SSSR count). The molecule has 8 heteroatoms. The molecule has 0 saturated heterocycles. The zero-order chi connectivity index (χ0) is 21.1. The Morgan fingerprint density at radius 3 is 2.57 bits per heavy atom. The van der Waals surface area contributed by atoms with Gasteiger partial charge in [0.05, 0.1) is 16.3 Å². The summed E-state index contributed by atoms with van der Waals surface area (Å²) in [5, 5.41) is 8.34. The summed E-state index contributed by atoms with van der Waals surface area (Å²) in [6.45, 7) is 4.73. The van der Waals surface area contributed by atoms with Crippen LogP contribution in [0.25, 0.3) is 22.6 Å². The van der Waals surface area contributed by atoms with Crippen LogP contribution in [0.1, 0.15) is 18.4 Å². The summed E-state index contributed by atoms with van der Waals surface area (Å²) in [5.74, 6) is 0.639. The number of sulfone groups is 1. The summed E-state index contributed by atoms with van der Waals surface area (Å²) in [4.78, 5) is 4.69. The molecule has 2 aromatic heterocycles. The molecule has 0 aliphatic rings. The number of benzene rings is 2. The number of nitrogens with zero attached hydrogens (tertiary/aromatic N) is 4. The highest BCUT2D eigenvalue weighted by Gasteiger charge is 2.17. The Balaban J connectivity index is 1.51. The fraction of sp³-hybridized carbons (Fsp3) is 0.227. The van der Waals surface area contributed by atoms with Gasteiger partial charge in [-0.2, -0.15) is 10.1 Å². The van der Waals surface area contributed by atoms with Gasteiger partial charge in [-0.3, -0.25) is 4.68 Å². The normalized spacial score (nSPS) is 11.7. The Hall–Kier alpha value is -3.26. The third kappa shape index (κ3) is 4.18. The fourth-order valence-corrected chi connectivity index (χ4v) is 4.44. The number of hydrogen-bond donors (Lipinski definition) is 0. The molecule has 0 N–H and O–H groups in total. The van der Waals surface area contributed by atoms with Crippen LogP contribution in [0.3, 0.4) is 0 Å². The van der Waals surface area contributed by atoms with E-state index in [1.165, 1.54) is 0 Å². The first kappa shape index (κ1) is 20.0. The van der Waals surface area contributed by atoms with Crippen molar-refractivity contribution in [3.63, 3.8) is 0 Å². The molecular formula is C22H22N4O3S. The summed E-state index contributed by atoms with van der Waals surface area (Å²) in [7, 11) is -3.41. The van der Waals surface area contributed by atoms with E-state index in [1.54, 1.807) is 30.5 Å². The first-order chi connectivity index (χ1) is 14.5. The molecule has 0 saturated carbocycles. The molecule has 0 aliphatic carbocycles. The van der Waals surface area contributed by atoms with Crippen molar-refractivity contribution in [2.45, 2.75) is 31.7 Å². The van der Waals surface area contributed by atoms with Crippen molar-refractivity contribution in [3.05, 3.63) is 72.2 Å². The van der Waals surface area contributed by atoms with Gasteiger partial charge in [0.2, 0.25) is 11.7 Å². The van der Waals surface area contributed by atoms with E-state index in [0.717, 1.165) is 28.9 Å². The van der Waals surface area contributed by atoms with Gasteiger partial charge in [0.25, 0.3) is 0 Å². The van der Waals surface area contributed by atoms with Crippen LogP contribution in [0.4, 0.5) is 0 Å². The Morgan fingerprint density at radius 2 is 1.80 bits per heavy atom. The van der Waals surface area contributed by atoms with Crippen molar-refractivity contribution < 1.29 is 12.9 Å². The van der Waals surface area contributed by atoms with Gasteiger partial charge in [-0.15, -0.1) is 0 Å². The van der Waals surface area contributed by atoms with Gasteiger partial charge in [0.1, 0.15) is 0 Å². The molecule has 30 heavy (non-hydrogen) atoms. The average molecular weight is 423 g/mol. The third-order valence-corrected chi connectivity index (χ3v) is 6.60. The lowest BCUT2D eigenvalue weighted by atomic mass is 10.1. The maximum atomic E-state index is 12.5. The number of aryl methyl sites for hydroxylation is 3. The van der Waals surface area contributed by atoms with E-state index < -0.39 is 9.84 Å². The number of hydrogen-bond acceptors (Lipinski definition) is 6. The molecular weight excluding hydrogens is 400 g/mol. The second-order valence-corrected chi connectivity index (χ2v) is 9.12. The fourth-order valence-electron chi connectivity index (χ4n) is 3.21. The minimum absolute atomic E-state index is 0.0899. The SMILES string of the molecule is CCn1nccc1-c1cccc(-c2noc(CCS(=O)(=O)c3ccc(C)cc3)n2)c1. The third-order valence-electron chi connectivity index (χ3n) is 4.87. The van der Waals surface area contributed by atoms with Crippen molar-refractivity contribution in [3.8, 4) is 22.6 Å². The monoisotopic (exact) mass is 422 g/mol. The maximum absolute atomic E-state index is 12.5. The lowest BCUT2D eigenvalue weighted by Gasteiger charge is -2.05. The molecule has 0 amide bonds. The van der Waals surface area contributed by atoms with Crippen molar-refractivity contribution >= 4 is 9.84 Å². The largest absolute Gasteiger partial charge is 0.339 e. The molecule has 4 aromatic rings. The lowest BCUT2D eigenvalue weighted by molar-refractivity contribution is 0.382. The van der Waals surface area contributed by atoms with Crippen molar-refractivity contribution in [2.24, 2.45) is 0 Å². The van der Waals surface area contributed by atoms with E-state index in [9.17, 15) is 8.42 Å². The lowest BCUT2D eigenvalue weighted by Crippen LogP contribution is -2.09. The Morgan fingerprint density at radius 1 is 1.03 bits per heavy atom. The van der Waals surface area contributed by atoms with Crippen LogP contribution in [-0.2, 0) is 22.8 Å². The maximum Gasteiger partial charge on any atom is 0.227 e. The zero-order valence-corrected chi connectivity index (χ0v) is 17.6. The summed E-state index contributed by atoms with van der Waals surface area (Å²) >= 11 is 0. The second-order valence-electron chi connectivity index (χ2n) is 7.01. The standard InChI is InChI=1S/C22H22N4O3S/c1-3-26-20(11-13-23-26)17-5-4-6-18(15-17)22-24-21(29-25-22)12-14-30(27,28)19-9-7-16(2)8-10-19/h4-11,13,15H,3,12,14H2,1-2H3. The molecule has 0 spiro atoms. The predicted octanol–water partition coefficient (Wildman–Crippen LogP) is 3.94. The number of aromatic nitrogens is 4. The number of rotatable bonds is 7. The van der Waals surface area contributed by atoms with Crippen LogP contribution in [-0.4, -0.2) is 34.1 Å². The molecule has 0 aliphatic heterocycles. The van der Waals surface area contributed by atoms with Gasteiger partial charge in [-0.05, 0) is 38.1 Å². The quantitative estimate of drug-likeness (QED) is 0.448. The first-order valence-electron chi connectivity index (χ1n) is 9.71. The van der Waals surface area contributed by atoms with Crippen molar-refractivity contribution in [1.82, 2.24) is 19.9 Å². The van der Waals surface area contributed by atoms with Crippen LogP contribution in [0.15, 0.2) is 70.2 Å². The molecule has 0 atom stereocenters. The van der Waals surface area contributed by atoms with Crippen LogP contribution >= 0.6 is 0 Å². The highest BCUT2D eigenvalue weighted by molar-refractivity contribution is 7.91. The highest BCUT2D eigenvalue weighted by Crippen LogP contribution is 2.25. The topological polar surface area (TPSA) is 90.9 Å². The van der Waals surface area contributed by atoms with E-state index in [-0.39, 0.29) is 12.2 Å². The Kier molecular flexibility index (Phi) is 5.50. The van der Waals surface area contributed by atoms with Crippen LogP contribution < -0.4 is 0 Å². The second kappa shape index (κ2) is 8.23. The minimum Gasteiger partial charge on any atom is -0.339 e. The van der Waals surface area contributed by atoms with Gasteiger partial charge in [-0.25, -0.2) is 8.42 Å². The van der Waals surface area contributed by atoms with Gasteiger partial charge in [0, 0.05) is 30.3 Å². The highest BCUT2D eigenvalue weighted by atomic mass is 32.2. The van der Waals surface area contributed by atoms with Crippen LogP contribution in [0.5, 0.6) is 0 Å². The zero-order valence-electron chi connectivity index (χ0n) is 16.8. The van der Waals surface area contributed by atoms with Gasteiger partial charge in [-0.1, -0.05) is 41.1 Å². The molecule has 154 valence electrons. The first-order valence-corrected chi connectivity index (χ1v) is 11.4. The molecule has 0 fully saturated rings. The summed E-state index contributed by atoms with van der Waals surface area (Å²) < 4.78 is 32.3. The smallest absolute Gasteiger partial charge is 0.227 e. The van der Waals surface area contributed by atoms with E-state index >= 15 is 0 Å². The van der Waals surface area contributed by atoms with Gasteiger partial charge >= 0.3 is 0 Å². The van der Waals surface area contributed by atoms with E-state index in [0.29, 0.717) is 16.6 Å². The van der Waals surface area contributed by atoms with Crippen LogP contribution in [0, 0.1) is 6.92 Å². The van der Waals surface area contributed by atoms with E-state index in [1.807, 2.05) is 48.9 Å². The van der Waals surface area contributed by atoms with Crippen LogP contribution in [0.2, 0.25) is 0 Å². The summed E-state index contributed by atoms with van der Waals surface area (Å²) in [5.41, 5.74) is 3.82. The molecule has 2 aromatic carbocycles. The summed E-state index contributed by atoms with van der Waals surface area (Å²) in [6.07, 6.45) is 1.93. The minimum atomic E-state index is -3.41. The molecule has 2 heterocycles. The predicted molar refractivity (Wildman–Crippen MR) is 114 cm³/mol. The van der Waals surface area contributed by atoms with Gasteiger partial charge < -0.3 is 4.52 Å². The summed E-state index contributed by atoms with van der Waals surface area (Å²) in [6, 6.07) is 16.6. The van der Waals surface area contributed by atoms with E-state index in [2.05, 4.69) is 15.2 Å². The molecule has 0 unspecified atom stereocenters. The Labute approximate surface area is 175 Å². The average Bonchev–Trinajstić information content (AvgIpc) is 3.42.